The fourth-order valence-corrected chi connectivity index (χ4v) is 2.38. The van der Waals surface area contributed by atoms with Crippen LogP contribution in [0, 0.1) is 0 Å². The quantitative estimate of drug-likeness (QED) is 0.782. The maximum absolute atomic E-state index is 11.8. The number of imidazole rings is 1. The first-order valence-corrected chi connectivity index (χ1v) is 6.44. The number of hydrogen-bond acceptors (Lipinski definition) is 3. The fraction of sp³-hybridized carbons (Fsp3) is 0.0769. The van der Waals surface area contributed by atoms with Crippen molar-refractivity contribution >= 4 is 22.9 Å². The number of hydrogen-bond donors (Lipinski definition) is 1. The molecule has 0 unspecified atom stereocenters. The summed E-state index contributed by atoms with van der Waals surface area (Å²) in [7, 11) is 0. The molecule has 0 aliphatic carbocycles. The number of nitrogens with zero attached hydrogens (tertiary/aromatic N) is 2. The summed E-state index contributed by atoms with van der Waals surface area (Å²) in [6.07, 6.45) is 5.58. The Morgan fingerprint density at radius 1 is 1.39 bits per heavy atom. The summed E-state index contributed by atoms with van der Waals surface area (Å²) in [6, 6.07) is 7.63. The van der Waals surface area contributed by atoms with Gasteiger partial charge in [0.2, 0.25) is 0 Å². The van der Waals surface area contributed by atoms with Gasteiger partial charge in [-0.3, -0.25) is 4.79 Å². The molecule has 18 heavy (non-hydrogen) atoms. The molecule has 0 saturated heterocycles. The first kappa shape index (κ1) is 11.0. The van der Waals surface area contributed by atoms with Gasteiger partial charge in [0.25, 0.3) is 5.91 Å². The van der Waals surface area contributed by atoms with Crippen LogP contribution in [0.4, 0.5) is 0 Å². The van der Waals surface area contributed by atoms with E-state index in [1.165, 1.54) is 11.3 Å². The zero-order chi connectivity index (χ0) is 12.4. The Balaban J connectivity index is 1.71. The van der Waals surface area contributed by atoms with Gasteiger partial charge in [0.05, 0.1) is 4.88 Å². The minimum Gasteiger partial charge on any atom is -0.347 e. The molecule has 0 bridgehead atoms. The third-order valence-electron chi connectivity index (χ3n) is 2.66. The first-order chi connectivity index (χ1) is 8.83. The van der Waals surface area contributed by atoms with E-state index in [0.717, 1.165) is 16.1 Å². The van der Waals surface area contributed by atoms with Gasteiger partial charge >= 0.3 is 0 Å². The van der Waals surface area contributed by atoms with Crippen LogP contribution in [0.2, 0.25) is 0 Å². The summed E-state index contributed by atoms with van der Waals surface area (Å²) in [5.41, 5.74) is 1.93. The number of fused-ring (bicyclic) bond motifs is 1. The topological polar surface area (TPSA) is 46.4 Å². The van der Waals surface area contributed by atoms with Crippen molar-refractivity contribution < 1.29 is 4.79 Å². The smallest absolute Gasteiger partial charge is 0.261 e. The van der Waals surface area contributed by atoms with Gasteiger partial charge in [-0.25, -0.2) is 4.98 Å². The van der Waals surface area contributed by atoms with E-state index >= 15 is 0 Å². The van der Waals surface area contributed by atoms with Crippen LogP contribution < -0.4 is 5.32 Å². The van der Waals surface area contributed by atoms with Crippen molar-refractivity contribution in [2.45, 2.75) is 6.54 Å². The highest BCUT2D eigenvalue weighted by molar-refractivity contribution is 7.12. The molecular formula is C13H11N3OS. The largest absolute Gasteiger partial charge is 0.347 e. The van der Waals surface area contributed by atoms with Crippen LogP contribution in [0.5, 0.6) is 0 Å². The number of carbonyl (C=O) groups excluding carboxylic acids is 1. The average Bonchev–Trinajstić information content (AvgIpc) is 3.05. The molecule has 90 valence electrons. The maximum atomic E-state index is 11.8. The molecule has 0 atom stereocenters. The van der Waals surface area contributed by atoms with E-state index in [-0.39, 0.29) is 5.91 Å². The molecule has 0 aliphatic heterocycles. The Morgan fingerprint density at radius 2 is 2.33 bits per heavy atom. The minimum absolute atomic E-state index is 0.0341. The lowest BCUT2D eigenvalue weighted by Gasteiger charge is -2.04. The number of carbonyl (C=O) groups is 1. The van der Waals surface area contributed by atoms with E-state index in [0.29, 0.717) is 6.54 Å². The van der Waals surface area contributed by atoms with E-state index in [9.17, 15) is 4.79 Å². The van der Waals surface area contributed by atoms with Gasteiger partial charge in [-0.15, -0.1) is 11.3 Å². The summed E-state index contributed by atoms with van der Waals surface area (Å²) < 4.78 is 1.94. The molecule has 3 rings (SSSR count). The molecule has 1 amide bonds. The lowest BCUT2D eigenvalue weighted by molar-refractivity contribution is 0.0955. The highest BCUT2D eigenvalue weighted by atomic mass is 32.1. The second kappa shape index (κ2) is 4.62. The molecule has 0 aromatic carbocycles. The van der Waals surface area contributed by atoms with Crippen molar-refractivity contribution in [1.29, 1.82) is 0 Å². The second-order valence-corrected chi connectivity index (χ2v) is 4.84. The molecule has 5 heteroatoms. The minimum atomic E-state index is -0.0341. The van der Waals surface area contributed by atoms with E-state index in [1.54, 1.807) is 6.20 Å². The van der Waals surface area contributed by atoms with Crippen molar-refractivity contribution in [3.8, 4) is 0 Å². The highest BCUT2D eigenvalue weighted by Crippen LogP contribution is 2.09. The predicted octanol–water partition coefficient (Wildman–Crippen LogP) is 2.33. The van der Waals surface area contributed by atoms with Crippen LogP contribution in [0.25, 0.3) is 5.65 Å². The van der Waals surface area contributed by atoms with Gasteiger partial charge in [-0.05, 0) is 29.1 Å². The van der Waals surface area contributed by atoms with Crippen molar-refractivity contribution in [3.63, 3.8) is 0 Å². The van der Waals surface area contributed by atoms with Gasteiger partial charge in [-0.1, -0.05) is 6.07 Å². The van der Waals surface area contributed by atoms with Crippen molar-refractivity contribution in [1.82, 2.24) is 14.7 Å². The van der Waals surface area contributed by atoms with E-state index in [1.807, 2.05) is 46.4 Å². The number of aromatic nitrogens is 2. The van der Waals surface area contributed by atoms with E-state index in [4.69, 9.17) is 0 Å². The predicted molar refractivity (Wildman–Crippen MR) is 70.7 cm³/mol. The third-order valence-corrected chi connectivity index (χ3v) is 3.53. The zero-order valence-electron chi connectivity index (χ0n) is 9.54. The number of amides is 1. The number of thiophene rings is 1. The van der Waals surface area contributed by atoms with E-state index in [2.05, 4.69) is 10.3 Å². The number of rotatable bonds is 3. The SMILES string of the molecule is O=C(NCc1ccn2ccnc2c1)c1cccs1. The fourth-order valence-electron chi connectivity index (χ4n) is 1.74. The Bertz CT molecular complexity index is 672. The normalized spacial score (nSPS) is 10.7. The molecule has 3 heterocycles. The molecule has 0 radical (unpaired) electrons. The second-order valence-electron chi connectivity index (χ2n) is 3.89. The Morgan fingerprint density at radius 3 is 3.17 bits per heavy atom. The average molecular weight is 257 g/mol. The lowest BCUT2D eigenvalue weighted by Crippen LogP contribution is -2.21. The molecule has 1 N–H and O–H groups in total. The summed E-state index contributed by atoms with van der Waals surface area (Å²) in [5.74, 6) is -0.0341. The molecule has 3 aromatic heterocycles. The third kappa shape index (κ3) is 2.12. The van der Waals surface area contributed by atoms with Crippen LogP contribution in [-0.4, -0.2) is 15.3 Å². The zero-order valence-corrected chi connectivity index (χ0v) is 10.4. The summed E-state index contributed by atoms with van der Waals surface area (Å²) >= 11 is 1.44. The number of nitrogens with one attached hydrogen (secondary N) is 1. The summed E-state index contributed by atoms with van der Waals surface area (Å²) in [6.45, 7) is 0.514. The first-order valence-electron chi connectivity index (χ1n) is 5.56. The van der Waals surface area contributed by atoms with Crippen molar-refractivity contribution in [2.75, 3.05) is 0 Å². The molecule has 0 fully saturated rings. The Kier molecular flexibility index (Phi) is 2.82. The molecular weight excluding hydrogens is 246 g/mol. The van der Waals surface area contributed by atoms with Crippen molar-refractivity contribution in [2.24, 2.45) is 0 Å². The van der Waals surface area contributed by atoms with Crippen molar-refractivity contribution in [3.05, 3.63) is 58.7 Å². The van der Waals surface area contributed by atoms with Crippen LogP contribution >= 0.6 is 11.3 Å². The van der Waals surface area contributed by atoms with Gasteiger partial charge in [-0.2, -0.15) is 0 Å². The molecule has 0 spiro atoms. The number of pyridine rings is 1. The molecule has 3 aromatic rings. The maximum Gasteiger partial charge on any atom is 0.261 e. The van der Waals surface area contributed by atoms with E-state index < -0.39 is 0 Å². The molecule has 0 saturated carbocycles. The van der Waals surface area contributed by atoms with Gasteiger partial charge in [0, 0.05) is 25.1 Å². The Labute approximate surface area is 108 Å². The van der Waals surface area contributed by atoms with Crippen LogP contribution in [0.15, 0.2) is 48.2 Å². The summed E-state index contributed by atoms with van der Waals surface area (Å²) in [4.78, 5) is 16.7. The molecule has 4 nitrogen and oxygen atoms in total. The van der Waals surface area contributed by atoms with Crippen LogP contribution in [0.3, 0.4) is 0 Å². The van der Waals surface area contributed by atoms with Gasteiger partial charge in [0.1, 0.15) is 5.65 Å². The monoisotopic (exact) mass is 257 g/mol. The van der Waals surface area contributed by atoms with Crippen LogP contribution in [0.1, 0.15) is 15.2 Å². The molecule has 0 aliphatic rings. The van der Waals surface area contributed by atoms with Crippen LogP contribution in [-0.2, 0) is 6.54 Å². The van der Waals surface area contributed by atoms with Gasteiger partial charge in [0.15, 0.2) is 0 Å². The standard InChI is InChI=1S/C13H11N3OS/c17-13(11-2-1-7-18-11)15-9-10-3-5-16-6-4-14-12(16)8-10/h1-8H,9H2,(H,15,17). The summed E-state index contributed by atoms with van der Waals surface area (Å²) in [5, 5.41) is 4.79. The highest BCUT2D eigenvalue weighted by Gasteiger charge is 2.05. The Hall–Kier alpha value is -2.14. The van der Waals surface area contributed by atoms with Gasteiger partial charge < -0.3 is 9.72 Å². The lowest BCUT2D eigenvalue weighted by atomic mass is 10.2.